The van der Waals surface area contributed by atoms with Gasteiger partial charge in [-0.25, -0.2) is 0 Å². The van der Waals surface area contributed by atoms with Crippen molar-refractivity contribution in [2.24, 2.45) is 0 Å². The molecule has 0 amide bonds. The Balaban J connectivity index is 2.96. The zero-order chi connectivity index (χ0) is 9.19. The average Bonchev–Trinajstić information content (AvgIpc) is 2.05. The zero-order valence-electron chi connectivity index (χ0n) is 6.79. The van der Waals surface area contributed by atoms with Crippen molar-refractivity contribution in [1.29, 1.82) is 0 Å². The number of aliphatic hydroxyl groups is 1. The summed E-state index contributed by atoms with van der Waals surface area (Å²) in [5.74, 6) is 0. The van der Waals surface area contributed by atoms with Gasteiger partial charge in [0.05, 0.1) is 0 Å². The van der Waals surface area contributed by atoms with Crippen LogP contribution in [-0.4, -0.2) is 21.1 Å². The number of rotatable bonds is 2. The van der Waals surface area contributed by atoms with E-state index in [0.29, 0.717) is 11.4 Å². The summed E-state index contributed by atoms with van der Waals surface area (Å²) in [4.78, 5) is 0. The van der Waals surface area contributed by atoms with Gasteiger partial charge in [0.25, 0.3) is 0 Å². The maximum atomic E-state index is 9.81. The normalized spacial score (nSPS) is 15.7. The van der Waals surface area contributed by atoms with Crippen molar-refractivity contribution in [3.05, 3.63) is 34.9 Å². The van der Waals surface area contributed by atoms with E-state index < -0.39 is 4.50 Å². The Kier molecular flexibility index (Phi) is 3.19. The van der Waals surface area contributed by atoms with Crippen molar-refractivity contribution in [2.75, 3.05) is 0 Å². The Morgan fingerprint density at radius 1 is 1.42 bits per heavy atom. The molecule has 0 aromatic heterocycles. The molecule has 0 spiro atoms. The van der Waals surface area contributed by atoms with E-state index in [2.05, 4.69) is 16.0 Å². The van der Waals surface area contributed by atoms with Crippen molar-refractivity contribution >= 4 is 27.6 Å². The Morgan fingerprint density at radius 3 is 2.33 bits per heavy atom. The minimum absolute atomic E-state index is 0.675. The van der Waals surface area contributed by atoms with Gasteiger partial charge in [0.15, 0.2) is 0 Å². The van der Waals surface area contributed by atoms with Crippen LogP contribution in [0, 0.1) is 0 Å². The van der Waals surface area contributed by atoms with E-state index in [1.807, 2.05) is 19.1 Å². The summed E-state index contributed by atoms with van der Waals surface area (Å²) in [6.45, 7) is 1.94. The van der Waals surface area contributed by atoms with Gasteiger partial charge in [0.1, 0.15) is 0 Å². The van der Waals surface area contributed by atoms with Crippen LogP contribution < -0.4 is 0 Å². The van der Waals surface area contributed by atoms with E-state index in [-0.39, 0.29) is 0 Å². The molecule has 66 valence electrons. The van der Waals surface area contributed by atoms with Crippen molar-refractivity contribution in [2.45, 2.75) is 17.8 Å². The molecule has 1 aromatic rings. The maximum absolute atomic E-state index is 9.81. The Labute approximate surface area is 85.6 Å². The molecule has 0 bridgehead atoms. The second-order valence-electron chi connectivity index (χ2n) is 2.68. The van der Waals surface area contributed by atoms with Gasteiger partial charge in [-0.1, -0.05) is 0 Å². The summed E-state index contributed by atoms with van der Waals surface area (Å²) in [7, 11) is 0. The summed E-state index contributed by atoms with van der Waals surface area (Å²) < 4.78 is -0.794. The fourth-order valence-corrected chi connectivity index (χ4v) is 1.36. The summed E-state index contributed by atoms with van der Waals surface area (Å²) >= 11 is 7.99. The SMILES string of the molecule is CCC(O)([SeH])c1ccc(Cl)cc1. The molecule has 0 saturated carbocycles. The van der Waals surface area contributed by atoms with Gasteiger partial charge < -0.3 is 0 Å². The standard InChI is InChI=1S/C9H11ClOSe/c1-2-9(11,12)7-3-5-8(10)6-4-7/h3-6,11-12H,2H2,1H3. The van der Waals surface area contributed by atoms with E-state index in [1.165, 1.54) is 0 Å². The van der Waals surface area contributed by atoms with Gasteiger partial charge in [-0.2, -0.15) is 0 Å². The van der Waals surface area contributed by atoms with Crippen LogP contribution in [0.4, 0.5) is 0 Å². The van der Waals surface area contributed by atoms with Crippen LogP contribution in [0.5, 0.6) is 0 Å². The Morgan fingerprint density at radius 2 is 1.92 bits per heavy atom. The van der Waals surface area contributed by atoms with Gasteiger partial charge in [-0.05, 0) is 0 Å². The number of benzene rings is 1. The van der Waals surface area contributed by atoms with Crippen LogP contribution in [0.3, 0.4) is 0 Å². The van der Waals surface area contributed by atoms with E-state index in [0.717, 1.165) is 5.56 Å². The second-order valence-corrected chi connectivity index (χ2v) is 4.67. The fourth-order valence-electron chi connectivity index (χ4n) is 0.921. The molecular weight excluding hydrogens is 239 g/mol. The summed E-state index contributed by atoms with van der Waals surface area (Å²) in [5, 5.41) is 10.5. The van der Waals surface area contributed by atoms with Crippen LogP contribution in [0.15, 0.2) is 24.3 Å². The molecule has 0 fully saturated rings. The topological polar surface area (TPSA) is 20.2 Å². The van der Waals surface area contributed by atoms with Crippen LogP contribution in [-0.2, 0) is 4.50 Å². The van der Waals surface area contributed by atoms with E-state index in [9.17, 15) is 5.11 Å². The minimum atomic E-state index is -0.794. The third-order valence-electron chi connectivity index (χ3n) is 1.80. The predicted molar refractivity (Wildman–Crippen MR) is 52.8 cm³/mol. The molecule has 0 saturated heterocycles. The molecule has 1 unspecified atom stereocenters. The molecule has 0 aliphatic rings. The molecule has 1 atom stereocenters. The van der Waals surface area contributed by atoms with Crippen molar-refractivity contribution in [3.63, 3.8) is 0 Å². The van der Waals surface area contributed by atoms with Crippen LogP contribution in [0.25, 0.3) is 0 Å². The first-order valence-electron chi connectivity index (χ1n) is 3.77. The van der Waals surface area contributed by atoms with Gasteiger partial charge >= 0.3 is 85.4 Å². The molecule has 0 radical (unpaired) electrons. The van der Waals surface area contributed by atoms with Crippen molar-refractivity contribution in [3.8, 4) is 0 Å². The third kappa shape index (κ3) is 2.24. The molecular formula is C9H11ClOSe. The zero-order valence-corrected chi connectivity index (χ0v) is 9.42. The van der Waals surface area contributed by atoms with Crippen LogP contribution in [0.2, 0.25) is 5.02 Å². The van der Waals surface area contributed by atoms with Crippen LogP contribution in [0.1, 0.15) is 18.9 Å². The first kappa shape index (κ1) is 10.1. The van der Waals surface area contributed by atoms with Gasteiger partial charge in [0.2, 0.25) is 0 Å². The first-order chi connectivity index (χ1) is 5.56. The molecule has 12 heavy (non-hydrogen) atoms. The quantitative estimate of drug-likeness (QED) is 0.793. The third-order valence-corrected chi connectivity index (χ3v) is 3.26. The molecule has 3 heteroatoms. The van der Waals surface area contributed by atoms with E-state index in [4.69, 9.17) is 11.6 Å². The first-order valence-corrected chi connectivity index (χ1v) is 5.08. The number of halogens is 1. The average molecular weight is 250 g/mol. The number of hydrogen-bond acceptors (Lipinski definition) is 1. The monoisotopic (exact) mass is 250 g/mol. The molecule has 1 nitrogen and oxygen atoms in total. The molecule has 0 aliphatic carbocycles. The van der Waals surface area contributed by atoms with E-state index in [1.54, 1.807) is 12.1 Å². The molecule has 1 N–H and O–H groups in total. The van der Waals surface area contributed by atoms with Gasteiger partial charge in [-0.15, -0.1) is 0 Å². The summed E-state index contributed by atoms with van der Waals surface area (Å²) in [6.07, 6.45) is 0.675. The molecule has 1 aromatic carbocycles. The fraction of sp³-hybridized carbons (Fsp3) is 0.333. The van der Waals surface area contributed by atoms with Gasteiger partial charge in [0, 0.05) is 0 Å². The summed E-state index contributed by atoms with van der Waals surface area (Å²) in [6, 6.07) is 7.24. The second kappa shape index (κ2) is 3.80. The Hall–Kier alpha value is -0.0105. The van der Waals surface area contributed by atoms with Crippen molar-refractivity contribution < 1.29 is 5.11 Å². The molecule has 0 aliphatic heterocycles. The molecule has 1 rings (SSSR count). The molecule has 0 heterocycles. The number of hydrogen-bond donors (Lipinski definition) is 1. The summed E-state index contributed by atoms with van der Waals surface area (Å²) in [5.41, 5.74) is 0.884. The Bertz CT molecular complexity index is 256. The van der Waals surface area contributed by atoms with E-state index >= 15 is 0 Å². The predicted octanol–water partition coefficient (Wildman–Crippen LogP) is 1.80. The van der Waals surface area contributed by atoms with Crippen molar-refractivity contribution in [1.82, 2.24) is 0 Å². The van der Waals surface area contributed by atoms with Gasteiger partial charge in [-0.3, -0.25) is 0 Å². The van der Waals surface area contributed by atoms with Crippen LogP contribution >= 0.6 is 11.6 Å².